The summed E-state index contributed by atoms with van der Waals surface area (Å²) in [5.74, 6) is 0.454. The number of nitriles is 1. The van der Waals surface area contributed by atoms with Gasteiger partial charge in [0.05, 0.1) is 13.5 Å². The molecule has 0 aliphatic rings. The number of rotatable bonds is 5. The van der Waals surface area contributed by atoms with Gasteiger partial charge in [-0.2, -0.15) is 5.26 Å². The van der Waals surface area contributed by atoms with Gasteiger partial charge in [-0.15, -0.1) is 0 Å². The largest absolute Gasteiger partial charge is 0.469 e. The Hall–Kier alpha value is -2.09. The van der Waals surface area contributed by atoms with Crippen molar-refractivity contribution in [1.82, 2.24) is 4.98 Å². The summed E-state index contributed by atoms with van der Waals surface area (Å²) in [4.78, 5) is 17.2. The predicted octanol–water partition coefficient (Wildman–Crippen LogP) is 1.34. The highest BCUT2D eigenvalue weighted by molar-refractivity contribution is 5.69. The molecule has 0 spiro atoms. The van der Waals surface area contributed by atoms with Crippen molar-refractivity contribution in [2.75, 3.05) is 25.1 Å². The Bertz CT molecular complexity index is 426. The van der Waals surface area contributed by atoms with Crippen LogP contribution in [0.15, 0.2) is 18.2 Å². The molecule has 0 fully saturated rings. The standard InChI is InChI=1S/C12H15N3O2/c1-3-15(8-7-12(16)17-2)11-6-4-5-10(9-13)14-11/h4-6H,3,7-8H2,1-2H3. The molecule has 0 unspecified atom stereocenters. The van der Waals surface area contributed by atoms with E-state index < -0.39 is 0 Å². The summed E-state index contributed by atoms with van der Waals surface area (Å²) in [6.45, 7) is 3.22. The number of aromatic nitrogens is 1. The molecule has 0 aliphatic heterocycles. The van der Waals surface area contributed by atoms with E-state index in [9.17, 15) is 4.79 Å². The second-order valence-electron chi connectivity index (χ2n) is 3.40. The number of hydrogen-bond acceptors (Lipinski definition) is 5. The number of nitrogens with zero attached hydrogens (tertiary/aromatic N) is 3. The Morgan fingerprint density at radius 3 is 2.94 bits per heavy atom. The van der Waals surface area contributed by atoms with Crippen LogP contribution in [0, 0.1) is 11.3 Å². The van der Waals surface area contributed by atoms with Crippen molar-refractivity contribution in [3.8, 4) is 6.07 Å². The summed E-state index contributed by atoms with van der Waals surface area (Å²) in [6, 6.07) is 7.24. The fourth-order valence-electron chi connectivity index (χ4n) is 1.42. The minimum atomic E-state index is -0.250. The van der Waals surface area contributed by atoms with Gasteiger partial charge in [-0.1, -0.05) is 6.07 Å². The third kappa shape index (κ3) is 3.76. The van der Waals surface area contributed by atoms with E-state index >= 15 is 0 Å². The van der Waals surface area contributed by atoms with Gasteiger partial charge in [-0.25, -0.2) is 4.98 Å². The summed E-state index contributed by atoms with van der Waals surface area (Å²) in [5.41, 5.74) is 0.374. The second-order valence-corrected chi connectivity index (χ2v) is 3.40. The Labute approximate surface area is 101 Å². The van der Waals surface area contributed by atoms with Crippen LogP contribution in [-0.2, 0) is 9.53 Å². The topological polar surface area (TPSA) is 66.2 Å². The number of esters is 1. The molecule has 0 aliphatic carbocycles. The second kappa shape index (κ2) is 6.48. The Balaban J connectivity index is 2.72. The summed E-state index contributed by atoms with van der Waals surface area (Å²) in [6.07, 6.45) is 0.308. The van der Waals surface area contributed by atoms with Crippen molar-refractivity contribution in [2.45, 2.75) is 13.3 Å². The summed E-state index contributed by atoms with van der Waals surface area (Å²) < 4.78 is 4.59. The predicted molar refractivity (Wildman–Crippen MR) is 63.5 cm³/mol. The smallest absolute Gasteiger partial charge is 0.307 e. The van der Waals surface area contributed by atoms with Gasteiger partial charge in [0.25, 0.3) is 0 Å². The molecule has 0 N–H and O–H groups in total. The normalized spacial score (nSPS) is 9.47. The Morgan fingerprint density at radius 2 is 2.35 bits per heavy atom. The highest BCUT2D eigenvalue weighted by Gasteiger charge is 2.09. The van der Waals surface area contributed by atoms with E-state index in [1.54, 1.807) is 12.1 Å². The zero-order chi connectivity index (χ0) is 12.7. The lowest BCUT2D eigenvalue weighted by atomic mass is 10.3. The van der Waals surface area contributed by atoms with Crippen LogP contribution in [0.2, 0.25) is 0 Å². The molecule has 1 aromatic heterocycles. The van der Waals surface area contributed by atoms with Crippen molar-refractivity contribution in [2.24, 2.45) is 0 Å². The van der Waals surface area contributed by atoms with Crippen LogP contribution in [0.4, 0.5) is 5.82 Å². The summed E-state index contributed by atoms with van der Waals surface area (Å²) >= 11 is 0. The van der Waals surface area contributed by atoms with Crippen LogP contribution in [0.5, 0.6) is 0 Å². The average Bonchev–Trinajstić information content (AvgIpc) is 2.39. The molecule has 0 saturated carbocycles. The Kier molecular flexibility index (Phi) is 4.95. The van der Waals surface area contributed by atoms with Gasteiger partial charge < -0.3 is 9.64 Å². The number of carbonyl (C=O) groups is 1. The maximum atomic E-state index is 11.1. The minimum Gasteiger partial charge on any atom is -0.469 e. The summed E-state index contributed by atoms with van der Waals surface area (Å²) in [5, 5.41) is 8.77. The minimum absolute atomic E-state index is 0.250. The van der Waals surface area contributed by atoms with E-state index in [1.807, 2.05) is 24.0 Å². The number of anilines is 1. The molecule has 0 radical (unpaired) electrons. The molecule has 5 nitrogen and oxygen atoms in total. The number of ether oxygens (including phenoxy) is 1. The molecule has 1 rings (SSSR count). The molecule has 90 valence electrons. The first kappa shape index (κ1) is 13.0. The zero-order valence-electron chi connectivity index (χ0n) is 10.0. The van der Waals surface area contributed by atoms with E-state index in [0.717, 1.165) is 6.54 Å². The van der Waals surface area contributed by atoms with E-state index in [1.165, 1.54) is 7.11 Å². The fourth-order valence-corrected chi connectivity index (χ4v) is 1.42. The van der Waals surface area contributed by atoms with Gasteiger partial charge in [0.15, 0.2) is 0 Å². The highest BCUT2D eigenvalue weighted by Crippen LogP contribution is 2.11. The maximum absolute atomic E-state index is 11.1. The molecular weight excluding hydrogens is 218 g/mol. The monoisotopic (exact) mass is 233 g/mol. The molecule has 0 saturated heterocycles. The van der Waals surface area contributed by atoms with Crippen LogP contribution in [0.25, 0.3) is 0 Å². The first-order chi connectivity index (χ1) is 8.21. The molecule has 1 heterocycles. The van der Waals surface area contributed by atoms with Crippen molar-refractivity contribution < 1.29 is 9.53 Å². The molecule has 1 aromatic rings. The Morgan fingerprint density at radius 1 is 1.59 bits per heavy atom. The van der Waals surface area contributed by atoms with Crippen molar-refractivity contribution in [1.29, 1.82) is 5.26 Å². The van der Waals surface area contributed by atoms with E-state index in [0.29, 0.717) is 24.5 Å². The fraction of sp³-hybridized carbons (Fsp3) is 0.417. The van der Waals surface area contributed by atoms with Gasteiger partial charge in [-0.05, 0) is 19.1 Å². The molecule has 0 atom stereocenters. The molecule has 0 aromatic carbocycles. The summed E-state index contributed by atoms with van der Waals surface area (Å²) in [7, 11) is 1.37. The quantitative estimate of drug-likeness (QED) is 0.718. The van der Waals surface area contributed by atoms with Crippen molar-refractivity contribution in [3.05, 3.63) is 23.9 Å². The lowest BCUT2D eigenvalue weighted by Gasteiger charge is -2.21. The van der Waals surface area contributed by atoms with Gasteiger partial charge >= 0.3 is 5.97 Å². The van der Waals surface area contributed by atoms with Gasteiger partial charge in [-0.3, -0.25) is 4.79 Å². The third-order valence-corrected chi connectivity index (χ3v) is 2.37. The van der Waals surface area contributed by atoms with Crippen LogP contribution < -0.4 is 4.90 Å². The lowest BCUT2D eigenvalue weighted by Crippen LogP contribution is -2.27. The van der Waals surface area contributed by atoms with Crippen molar-refractivity contribution in [3.63, 3.8) is 0 Å². The van der Waals surface area contributed by atoms with Gasteiger partial charge in [0, 0.05) is 13.1 Å². The SMILES string of the molecule is CCN(CCC(=O)OC)c1cccc(C#N)n1. The number of hydrogen-bond donors (Lipinski definition) is 0. The maximum Gasteiger partial charge on any atom is 0.307 e. The molecule has 0 amide bonds. The third-order valence-electron chi connectivity index (χ3n) is 2.37. The first-order valence-corrected chi connectivity index (χ1v) is 5.40. The molecule has 0 bridgehead atoms. The number of pyridine rings is 1. The lowest BCUT2D eigenvalue weighted by molar-refractivity contribution is -0.140. The van der Waals surface area contributed by atoms with Crippen LogP contribution in [0.3, 0.4) is 0 Å². The average molecular weight is 233 g/mol. The van der Waals surface area contributed by atoms with Gasteiger partial charge in [0.2, 0.25) is 0 Å². The van der Waals surface area contributed by atoms with E-state index in [2.05, 4.69) is 9.72 Å². The molecule has 5 heteroatoms. The van der Waals surface area contributed by atoms with E-state index in [4.69, 9.17) is 5.26 Å². The van der Waals surface area contributed by atoms with E-state index in [-0.39, 0.29) is 5.97 Å². The number of carbonyl (C=O) groups excluding carboxylic acids is 1. The van der Waals surface area contributed by atoms with Gasteiger partial charge in [0.1, 0.15) is 17.6 Å². The van der Waals surface area contributed by atoms with Crippen LogP contribution in [-0.4, -0.2) is 31.2 Å². The van der Waals surface area contributed by atoms with Crippen molar-refractivity contribution >= 4 is 11.8 Å². The molecule has 17 heavy (non-hydrogen) atoms. The number of methoxy groups -OCH3 is 1. The van der Waals surface area contributed by atoms with Crippen LogP contribution in [0.1, 0.15) is 19.0 Å². The van der Waals surface area contributed by atoms with Crippen LogP contribution >= 0.6 is 0 Å². The molecular formula is C12H15N3O2. The first-order valence-electron chi connectivity index (χ1n) is 5.40. The zero-order valence-corrected chi connectivity index (χ0v) is 10.0. The highest BCUT2D eigenvalue weighted by atomic mass is 16.5.